The van der Waals surface area contributed by atoms with Crippen LogP contribution in [0.2, 0.25) is 0 Å². The van der Waals surface area contributed by atoms with Crippen molar-refractivity contribution in [2.45, 2.75) is 17.4 Å². The number of carbonyl (C=O) groups is 1. The average molecular weight is 210 g/mol. The zero-order valence-corrected chi connectivity index (χ0v) is 8.76. The molecule has 74 valence electrons. The molecule has 3 nitrogen and oxygen atoms in total. The maximum absolute atomic E-state index is 11.5. The Labute approximate surface area is 86.4 Å². The highest BCUT2D eigenvalue weighted by atomic mass is 32.2. The summed E-state index contributed by atoms with van der Waals surface area (Å²) in [5, 5.41) is 0. The first-order valence-corrected chi connectivity index (χ1v) is 5.10. The molecule has 2 rings (SSSR count). The van der Waals surface area contributed by atoms with Gasteiger partial charge in [-0.05, 0) is 19.1 Å². The Balaban J connectivity index is 2.40. The molecule has 0 fully saturated rings. The van der Waals surface area contributed by atoms with Crippen LogP contribution < -0.4 is 0 Å². The number of esters is 1. The van der Waals surface area contributed by atoms with Crippen LogP contribution in [0.4, 0.5) is 0 Å². The van der Waals surface area contributed by atoms with Crippen LogP contribution in [0.15, 0.2) is 23.1 Å². The van der Waals surface area contributed by atoms with Gasteiger partial charge in [-0.15, -0.1) is 0 Å². The van der Waals surface area contributed by atoms with Crippen LogP contribution in [-0.2, 0) is 9.47 Å². The number of rotatable bonds is 1. The van der Waals surface area contributed by atoms with Crippen LogP contribution in [0.1, 0.15) is 15.9 Å². The van der Waals surface area contributed by atoms with E-state index in [1.54, 1.807) is 0 Å². The van der Waals surface area contributed by atoms with Gasteiger partial charge in [0.15, 0.2) is 0 Å². The lowest BCUT2D eigenvalue weighted by Crippen LogP contribution is -2.22. The average Bonchev–Trinajstić information content (AvgIpc) is 2.19. The third-order valence-electron chi connectivity index (χ3n) is 1.97. The summed E-state index contributed by atoms with van der Waals surface area (Å²) in [7, 11) is 1.52. The van der Waals surface area contributed by atoms with E-state index >= 15 is 0 Å². The Morgan fingerprint density at radius 3 is 3.00 bits per heavy atom. The van der Waals surface area contributed by atoms with Crippen LogP contribution in [0, 0.1) is 6.92 Å². The van der Waals surface area contributed by atoms with Crippen molar-refractivity contribution in [3.8, 4) is 0 Å². The first kappa shape index (κ1) is 9.55. The van der Waals surface area contributed by atoms with E-state index in [1.807, 2.05) is 25.1 Å². The Morgan fingerprint density at radius 1 is 1.50 bits per heavy atom. The SMILES string of the molecule is COC1OC(=O)c2cc(C)ccc2S1. The number of ether oxygens (including phenoxy) is 2. The summed E-state index contributed by atoms with van der Waals surface area (Å²) >= 11 is 1.40. The molecule has 0 aliphatic carbocycles. The second kappa shape index (κ2) is 3.63. The van der Waals surface area contributed by atoms with Gasteiger partial charge in [0.05, 0.1) is 5.56 Å². The normalized spacial score (nSPS) is 20.1. The number of methoxy groups -OCH3 is 1. The molecule has 0 aromatic heterocycles. The molecule has 0 amide bonds. The van der Waals surface area contributed by atoms with E-state index in [0.717, 1.165) is 10.5 Å². The minimum atomic E-state index is -0.516. The Hall–Kier alpha value is -1.00. The fraction of sp³-hybridized carbons (Fsp3) is 0.300. The second-order valence-corrected chi connectivity index (χ2v) is 4.11. The number of cyclic esters (lactones) is 1. The summed E-state index contributed by atoms with van der Waals surface area (Å²) in [6.45, 7) is 1.95. The Morgan fingerprint density at radius 2 is 2.29 bits per heavy atom. The van der Waals surface area contributed by atoms with Crippen molar-refractivity contribution in [2.24, 2.45) is 0 Å². The van der Waals surface area contributed by atoms with Gasteiger partial charge in [0, 0.05) is 12.0 Å². The first-order chi connectivity index (χ1) is 6.70. The molecule has 1 atom stereocenters. The van der Waals surface area contributed by atoms with Crippen molar-refractivity contribution in [3.63, 3.8) is 0 Å². The van der Waals surface area contributed by atoms with E-state index in [-0.39, 0.29) is 5.97 Å². The van der Waals surface area contributed by atoms with Crippen LogP contribution in [0.5, 0.6) is 0 Å². The molecule has 0 radical (unpaired) electrons. The summed E-state index contributed by atoms with van der Waals surface area (Å²) in [6, 6.07) is 5.72. The van der Waals surface area contributed by atoms with E-state index in [0.29, 0.717) is 5.56 Å². The highest BCUT2D eigenvalue weighted by molar-refractivity contribution is 7.99. The molecule has 1 unspecified atom stereocenters. The zero-order chi connectivity index (χ0) is 10.1. The van der Waals surface area contributed by atoms with E-state index in [2.05, 4.69) is 0 Å². The van der Waals surface area contributed by atoms with Gasteiger partial charge in [0.2, 0.25) is 0 Å². The van der Waals surface area contributed by atoms with Crippen LogP contribution in [-0.4, -0.2) is 18.7 Å². The lowest BCUT2D eigenvalue weighted by atomic mass is 10.1. The summed E-state index contributed by atoms with van der Waals surface area (Å²) in [5.74, 6) is -0.311. The third kappa shape index (κ3) is 1.63. The van der Waals surface area contributed by atoms with Crippen LogP contribution >= 0.6 is 11.8 Å². The fourth-order valence-electron chi connectivity index (χ4n) is 1.28. The topological polar surface area (TPSA) is 35.5 Å². The van der Waals surface area contributed by atoms with Gasteiger partial charge in [0.25, 0.3) is 5.62 Å². The molecule has 1 aliphatic rings. The van der Waals surface area contributed by atoms with Gasteiger partial charge in [0.1, 0.15) is 0 Å². The molecule has 1 heterocycles. The van der Waals surface area contributed by atoms with Crippen molar-refractivity contribution < 1.29 is 14.3 Å². The molecule has 4 heteroatoms. The number of hydrogen-bond donors (Lipinski definition) is 0. The van der Waals surface area contributed by atoms with Gasteiger partial charge >= 0.3 is 5.97 Å². The molecule has 0 saturated heterocycles. The van der Waals surface area contributed by atoms with Crippen molar-refractivity contribution in [2.75, 3.05) is 7.11 Å². The largest absolute Gasteiger partial charge is 0.422 e. The highest BCUT2D eigenvalue weighted by Crippen LogP contribution is 2.34. The molecular formula is C10H10O3S. The van der Waals surface area contributed by atoms with E-state index in [4.69, 9.17) is 9.47 Å². The summed E-state index contributed by atoms with van der Waals surface area (Å²) < 4.78 is 9.99. The number of benzene rings is 1. The van der Waals surface area contributed by atoms with Crippen molar-refractivity contribution in [1.82, 2.24) is 0 Å². The standard InChI is InChI=1S/C10H10O3S/c1-6-3-4-8-7(5-6)9(11)13-10(12-2)14-8/h3-5,10H,1-2H3. The first-order valence-electron chi connectivity index (χ1n) is 4.22. The monoisotopic (exact) mass is 210 g/mol. The summed E-state index contributed by atoms with van der Waals surface area (Å²) in [5.41, 5.74) is 1.16. The van der Waals surface area contributed by atoms with E-state index < -0.39 is 5.62 Å². The number of hydrogen-bond acceptors (Lipinski definition) is 4. The quantitative estimate of drug-likeness (QED) is 0.665. The molecule has 1 aromatic carbocycles. The van der Waals surface area contributed by atoms with Gasteiger partial charge in [-0.2, -0.15) is 0 Å². The van der Waals surface area contributed by atoms with Gasteiger partial charge in [-0.1, -0.05) is 23.4 Å². The smallest absolute Gasteiger partial charge is 0.342 e. The molecule has 0 N–H and O–H groups in total. The van der Waals surface area contributed by atoms with Crippen molar-refractivity contribution in [1.29, 1.82) is 0 Å². The predicted molar refractivity (Wildman–Crippen MR) is 53.2 cm³/mol. The molecule has 1 aliphatic heterocycles. The predicted octanol–water partition coefficient (Wildman–Crippen LogP) is 2.19. The Kier molecular flexibility index (Phi) is 2.48. The van der Waals surface area contributed by atoms with Crippen LogP contribution in [0.3, 0.4) is 0 Å². The zero-order valence-electron chi connectivity index (χ0n) is 7.94. The van der Waals surface area contributed by atoms with Crippen molar-refractivity contribution in [3.05, 3.63) is 29.3 Å². The maximum atomic E-state index is 11.5. The Bertz CT molecular complexity index is 376. The fourth-order valence-corrected chi connectivity index (χ4v) is 2.14. The lowest BCUT2D eigenvalue weighted by molar-refractivity contribution is -0.0368. The van der Waals surface area contributed by atoms with Gasteiger partial charge in [-0.3, -0.25) is 0 Å². The summed E-state index contributed by atoms with van der Waals surface area (Å²) in [4.78, 5) is 12.4. The highest BCUT2D eigenvalue weighted by Gasteiger charge is 2.26. The number of thioether (sulfide) groups is 1. The summed E-state index contributed by atoms with van der Waals surface area (Å²) in [6.07, 6.45) is 0. The minimum Gasteiger partial charge on any atom is -0.422 e. The van der Waals surface area contributed by atoms with Gasteiger partial charge in [-0.25, -0.2) is 4.79 Å². The van der Waals surface area contributed by atoms with Crippen molar-refractivity contribution >= 4 is 17.7 Å². The molecule has 14 heavy (non-hydrogen) atoms. The molecular weight excluding hydrogens is 200 g/mol. The number of fused-ring (bicyclic) bond motifs is 1. The maximum Gasteiger partial charge on any atom is 0.342 e. The minimum absolute atomic E-state index is 0.311. The van der Waals surface area contributed by atoms with Gasteiger partial charge < -0.3 is 9.47 Å². The lowest BCUT2D eigenvalue weighted by Gasteiger charge is -2.22. The number of aryl methyl sites for hydroxylation is 1. The molecule has 0 saturated carbocycles. The number of carbonyl (C=O) groups excluding carboxylic acids is 1. The van der Waals surface area contributed by atoms with E-state index in [1.165, 1.54) is 18.9 Å². The molecule has 1 aromatic rings. The van der Waals surface area contributed by atoms with Crippen LogP contribution in [0.25, 0.3) is 0 Å². The third-order valence-corrected chi connectivity index (χ3v) is 3.06. The molecule has 0 spiro atoms. The molecule has 0 bridgehead atoms. The van der Waals surface area contributed by atoms with E-state index in [9.17, 15) is 4.79 Å². The second-order valence-electron chi connectivity index (χ2n) is 3.05.